The van der Waals surface area contributed by atoms with E-state index in [4.69, 9.17) is 4.74 Å². The van der Waals surface area contributed by atoms with E-state index in [-0.39, 0.29) is 18.3 Å². The van der Waals surface area contributed by atoms with Crippen molar-refractivity contribution < 1.29 is 14.3 Å². The van der Waals surface area contributed by atoms with Crippen molar-refractivity contribution in [1.29, 1.82) is 0 Å². The minimum Gasteiger partial charge on any atom is -0.370 e. The fourth-order valence-corrected chi connectivity index (χ4v) is 2.26. The molecule has 1 aliphatic rings. The topological polar surface area (TPSA) is 46.6 Å². The Morgan fingerprint density at radius 1 is 1.32 bits per heavy atom. The molecule has 2 rings (SSSR count). The highest BCUT2D eigenvalue weighted by molar-refractivity contribution is 9.10. The van der Waals surface area contributed by atoms with E-state index in [0.717, 1.165) is 10.0 Å². The molecular weight excluding hydrogens is 310 g/mol. The fraction of sp³-hybridized carbons (Fsp3) is 0.429. The molecule has 1 fully saturated rings. The lowest BCUT2D eigenvalue weighted by atomic mass is 10.1. The van der Waals surface area contributed by atoms with E-state index in [9.17, 15) is 9.59 Å². The Morgan fingerprint density at radius 3 is 2.74 bits per heavy atom. The highest BCUT2D eigenvalue weighted by Gasteiger charge is 2.18. The molecule has 19 heavy (non-hydrogen) atoms. The maximum Gasteiger partial charge on any atom is 0.248 e. The van der Waals surface area contributed by atoms with Crippen LogP contribution in [0.5, 0.6) is 0 Å². The zero-order valence-electron chi connectivity index (χ0n) is 10.6. The first kappa shape index (κ1) is 14.2. The number of carbonyl (C=O) groups is 2. The molecule has 0 aromatic heterocycles. The van der Waals surface area contributed by atoms with E-state index >= 15 is 0 Å². The number of halogens is 1. The van der Waals surface area contributed by atoms with Crippen LogP contribution in [0.2, 0.25) is 0 Å². The zero-order valence-corrected chi connectivity index (χ0v) is 12.2. The van der Waals surface area contributed by atoms with Gasteiger partial charge in [-0.1, -0.05) is 28.1 Å². The van der Waals surface area contributed by atoms with Gasteiger partial charge >= 0.3 is 0 Å². The van der Waals surface area contributed by atoms with Crippen LogP contribution in [0.3, 0.4) is 0 Å². The largest absolute Gasteiger partial charge is 0.370 e. The summed E-state index contributed by atoms with van der Waals surface area (Å²) < 4.78 is 6.02. The van der Waals surface area contributed by atoms with Crippen LogP contribution in [0.1, 0.15) is 23.2 Å². The monoisotopic (exact) mass is 325 g/mol. The molecule has 1 amide bonds. The molecule has 1 aliphatic heterocycles. The van der Waals surface area contributed by atoms with E-state index < -0.39 is 0 Å². The smallest absolute Gasteiger partial charge is 0.248 e. The molecular formula is C14H16BrNO3. The summed E-state index contributed by atoms with van der Waals surface area (Å²) in [5, 5.41) is 0. The predicted molar refractivity (Wildman–Crippen MR) is 75.1 cm³/mol. The third kappa shape index (κ3) is 4.14. The number of ketones is 1. The molecule has 1 saturated heterocycles. The Bertz CT molecular complexity index is 458. The molecule has 5 heteroatoms. The third-order valence-electron chi connectivity index (χ3n) is 3.08. The minimum absolute atomic E-state index is 0.0161. The highest BCUT2D eigenvalue weighted by atomic mass is 79.9. The molecule has 102 valence electrons. The minimum atomic E-state index is 0.0161. The number of Topliss-reactive ketones (excluding diaryl/α,β-unsaturated/α-hetero) is 1. The summed E-state index contributed by atoms with van der Waals surface area (Å²) in [6.45, 7) is 2.02. The number of hydrogen-bond acceptors (Lipinski definition) is 3. The van der Waals surface area contributed by atoms with E-state index in [2.05, 4.69) is 15.9 Å². The van der Waals surface area contributed by atoms with Gasteiger partial charge in [0.15, 0.2) is 5.78 Å². The Hall–Kier alpha value is -1.20. The molecule has 0 N–H and O–H groups in total. The van der Waals surface area contributed by atoms with Gasteiger partial charge in [-0.2, -0.15) is 0 Å². The maximum atomic E-state index is 11.9. The van der Waals surface area contributed by atoms with Crippen LogP contribution < -0.4 is 0 Å². The van der Waals surface area contributed by atoms with Crippen LogP contribution in [-0.4, -0.2) is 42.9 Å². The predicted octanol–water partition coefficient (Wildman–Crippen LogP) is 2.27. The van der Waals surface area contributed by atoms with E-state index in [1.807, 2.05) is 24.3 Å². The fourth-order valence-electron chi connectivity index (χ4n) is 2.00. The van der Waals surface area contributed by atoms with Gasteiger partial charge in [0.05, 0.1) is 6.61 Å². The number of hydrogen-bond donors (Lipinski definition) is 0. The molecule has 0 unspecified atom stereocenters. The van der Waals surface area contributed by atoms with Gasteiger partial charge in [-0.25, -0.2) is 0 Å². The lowest BCUT2D eigenvalue weighted by Crippen LogP contribution is -2.42. The van der Waals surface area contributed by atoms with Crippen LogP contribution in [0.4, 0.5) is 0 Å². The number of carbonyl (C=O) groups excluding carboxylic acids is 2. The van der Waals surface area contributed by atoms with Crippen molar-refractivity contribution in [1.82, 2.24) is 4.90 Å². The first-order valence-electron chi connectivity index (χ1n) is 6.31. The van der Waals surface area contributed by atoms with E-state index in [1.165, 1.54) is 0 Å². The number of morpholine rings is 1. The second-order valence-corrected chi connectivity index (χ2v) is 5.38. The van der Waals surface area contributed by atoms with E-state index in [0.29, 0.717) is 32.5 Å². The molecule has 0 aliphatic carbocycles. The molecule has 0 saturated carbocycles. The van der Waals surface area contributed by atoms with Crippen molar-refractivity contribution in [2.75, 3.05) is 26.3 Å². The molecule has 1 aromatic carbocycles. The Kier molecular flexibility index (Phi) is 5.10. The summed E-state index contributed by atoms with van der Waals surface area (Å²) in [5.74, 6) is 0.135. The summed E-state index contributed by atoms with van der Waals surface area (Å²) >= 11 is 3.34. The maximum absolute atomic E-state index is 11.9. The van der Waals surface area contributed by atoms with Gasteiger partial charge in [0, 0.05) is 29.5 Å². The van der Waals surface area contributed by atoms with Gasteiger partial charge in [-0.05, 0) is 18.6 Å². The summed E-state index contributed by atoms with van der Waals surface area (Å²) in [7, 11) is 0. The van der Waals surface area contributed by atoms with Gasteiger partial charge in [-0.15, -0.1) is 0 Å². The lowest BCUT2D eigenvalue weighted by molar-refractivity contribution is -0.142. The first-order chi connectivity index (χ1) is 9.16. The second kappa shape index (κ2) is 6.82. The first-order valence-corrected chi connectivity index (χ1v) is 7.10. The molecule has 4 nitrogen and oxygen atoms in total. The van der Waals surface area contributed by atoms with Crippen molar-refractivity contribution in [3.05, 3.63) is 34.3 Å². The number of amides is 1. The summed E-state index contributed by atoms with van der Waals surface area (Å²) in [5.41, 5.74) is 0.719. The molecule has 0 atom stereocenters. The number of nitrogens with zero attached hydrogens (tertiary/aromatic N) is 1. The quantitative estimate of drug-likeness (QED) is 0.780. The van der Waals surface area contributed by atoms with Crippen molar-refractivity contribution in [3.8, 4) is 0 Å². The van der Waals surface area contributed by atoms with Crippen LogP contribution in [-0.2, 0) is 9.53 Å². The molecule has 0 spiro atoms. The highest BCUT2D eigenvalue weighted by Crippen LogP contribution is 2.13. The molecule has 0 bridgehead atoms. The summed E-state index contributed by atoms with van der Waals surface area (Å²) in [4.78, 5) is 25.2. The molecule has 1 aromatic rings. The van der Waals surface area contributed by atoms with Crippen molar-refractivity contribution in [2.24, 2.45) is 0 Å². The number of ether oxygens (including phenoxy) is 1. The third-order valence-corrected chi connectivity index (χ3v) is 3.61. The van der Waals surface area contributed by atoms with Crippen molar-refractivity contribution >= 4 is 27.6 Å². The van der Waals surface area contributed by atoms with Gasteiger partial charge in [0.25, 0.3) is 0 Å². The van der Waals surface area contributed by atoms with Gasteiger partial charge in [0.2, 0.25) is 5.91 Å². The second-order valence-electron chi connectivity index (χ2n) is 4.47. The lowest BCUT2D eigenvalue weighted by Gasteiger charge is -2.26. The SMILES string of the molecule is O=C(CCCN1CCOCC1=O)c1ccc(Br)cc1. The van der Waals surface area contributed by atoms with Crippen molar-refractivity contribution in [2.45, 2.75) is 12.8 Å². The van der Waals surface area contributed by atoms with Gasteiger partial charge in [0.1, 0.15) is 6.61 Å². The van der Waals surface area contributed by atoms with Crippen LogP contribution in [0.25, 0.3) is 0 Å². The van der Waals surface area contributed by atoms with E-state index in [1.54, 1.807) is 4.90 Å². The van der Waals surface area contributed by atoms with Gasteiger partial charge in [-0.3, -0.25) is 9.59 Å². The normalized spacial score (nSPS) is 15.6. The molecule has 1 heterocycles. The van der Waals surface area contributed by atoms with Gasteiger partial charge < -0.3 is 9.64 Å². The average molecular weight is 326 g/mol. The Balaban J connectivity index is 1.77. The Labute approximate surface area is 120 Å². The van der Waals surface area contributed by atoms with Crippen LogP contribution >= 0.6 is 15.9 Å². The number of rotatable bonds is 5. The standard InChI is InChI=1S/C14H16BrNO3/c15-12-5-3-11(4-6-12)13(17)2-1-7-16-8-9-19-10-14(16)18/h3-6H,1-2,7-10H2. The van der Waals surface area contributed by atoms with Crippen LogP contribution in [0.15, 0.2) is 28.7 Å². The molecule has 0 radical (unpaired) electrons. The Morgan fingerprint density at radius 2 is 2.05 bits per heavy atom. The van der Waals surface area contributed by atoms with Crippen LogP contribution in [0, 0.1) is 0 Å². The number of benzene rings is 1. The summed E-state index contributed by atoms with van der Waals surface area (Å²) in [6.07, 6.45) is 1.16. The zero-order chi connectivity index (χ0) is 13.7. The summed E-state index contributed by atoms with van der Waals surface area (Å²) in [6, 6.07) is 7.34. The average Bonchev–Trinajstić information content (AvgIpc) is 2.41. The van der Waals surface area contributed by atoms with Crippen molar-refractivity contribution in [3.63, 3.8) is 0 Å².